The van der Waals surface area contributed by atoms with Gasteiger partial charge in [0.2, 0.25) is 11.8 Å². The van der Waals surface area contributed by atoms with Crippen LogP contribution in [0.5, 0.6) is 0 Å². The zero-order valence-corrected chi connectivity index (χ0v) is 9.50. The first kappa shape index (κ1) is 13.2. The Kier molecular flexibility index (Phi) is 4.66. The van der Waals surface area contributed by atoms with Crippen LogP contribution >= 0.6 is 11.6 Å². The average molecular weight is 257 g/mol. The number of hydrogen-bond donors (Lipinski definition) is 2. The molecule has 0 atom stereocenters. The van der Waals surface area contributed by atoms with Gasteiger partial charge in [0.05, 0.1) is 11.6 Å². The molecule has 0 spiro atoms. The summed E-state index contributed by atoms with van der Waals surface area (Å²) in [4.78, 5) is 21.5. The largest absolute Gasteiger partial charge is 0.368 e. The summed E-state index contributed by atoms with van der Waals surface area (Å²) in [5, 5.41) is 2.25. The summed E-state index contributed by atoms with van der Waals surface area (Å²) in [7, 11) is 0. The van der Waals surface area contributed by atoms with Gasteiger partial charge in [-0.1, -0.05) is 17.7 Å². The highest BCUT2D eigenvalue weighted by Crippen LogP contribution is 2.16. The fourth-order valence-electron chi connectivity index (χ4n) is 1.02. The van der Waals surface area contributed by atoms with Gasteiger partial charge in [0.25, 0.3) is 0 Å². The van der Waals surface area contributed by atoms with Crippen LogP contribution in [0.25, 0.3) is 6.08 Å². The van der Waals surface area contributed by atoms with Gasteiger partial charge < -0.3 is 11.1 Å². The molecule has 90 valence electrons. The Labute approximate surface area is 102 Å². The summed E-state index contributed by atoms with van der Waals surface area (Å²) >= 11 is 5.56. The lowest BCUT2D eigenvalue weighted by atomic mass is 10.2. The molecule has 0 saturated heterocycles. The number of primary amides is 1. The van der Waals surface area contributed by atoms with Crippen LogP contribution in [0.3, 0.4) is 0 Å². The Morgan fingerprint density at radius 2 is 2.18 bits per heavy atom. The molecule has 0 fully saturated rings. The second-order valence-corrected chi connectivity index (χ2v) is 3.60. The highest BCUT2D eigenvalue weighted by molar-refractivity contribution is 6.30. The molecule has 0 radical (unpaired) electrons. The molecule has 0 aromatic heterocycles. The zero-order valence-electron chi connectivity index (χ0n) is 8.74. The van der Waals surface area contributed by atoms with Gasteiger partial charge in [-0.2, -0.15) is 0 Å². The molecule has 0 unspecified atom stereocenters. The fourth-order valence-corrected chi connectivity index (χ4v) is 1.21. The van der Waals surface area contributed by atoms with Crippen LogP contribution < -0.4 is 11.1 Å². The first-order valence-corrected chi connectivity index (χ1v) is 5.06. The monoisotopic (exact) mass is 256 g/mol. The lowest BCUT2D eigenvalue weighted by molar-refractivity contribution is -0.122. The van der Waals surface area contributed by atoms with Crippen LogP contribution in [0.15, 0.2) is 24.3 Å². The van der Waals surface area contributed by atoms with E-state index in [1.807, 2.05) is 0 Å². The molecular weight excluding hydrogens is 247 g/mol. The van der Waals surface area contributed by atoms with Crippen molar-refractivity contribution in [1.29, 1.82) is 0 Å². The van der Waals surface area contributed by atoms with E-state index in [2.05, 4.69) is 5.32 Å². The maximum absolute atomic E-state index is 12.8. The Hall–Kier alpha value is -1.88. The minimum Gasteiger partial charge on any atom is -0.368 e. The number of halogens is 2. The summed E-state index contributed by atoms with van der Waals surface area (Å²) in [6.45, 7) is -0.229. The molecule has 3 N–H and O–H groups in total. The maximum Gasteiger partial charge on any atom is 0.244 e. The van der Waals surface area contributed by atoms with Crippen molar-refractivity contribution in [2.24, 2.45) is 5.73 Å². The Balaban J connectivity index is 2.61. The fraction of sp³-hybridized carbons (Fsp3) is 0.0909. The van der Waals surface area contributed by atoms with E-state index in [0.29, 0.717) is 5.56 Å². The molecule has 2 amide bonds. The van der Waals surface area contributed by atoms with Crippen molar-refractivity contribution in [3.63, 3.8) is 0 Å². The van der Waals surface area contributed by atoms with Crippen molar-refractivity contribution in [3.8, 4) is 0 Å². The summed E-state index contributed by atoms with van der Waals surface area (Å²) < 4.78 is 12.8. The number of benzene rings is 1. The summed E-state index contributed by atoms with van der Waals surface area (Å²) in [6, 6.07) is 4.05. The number of nitrogens with one attached hydrogen (secondary N) is 1. The van der Waals surface area contributed by atoms with E-state index < -0.39 is 17.6 Å². The van der Waals surface area contributed by atoms with Crippen molar-refractivity contribution < 1.29 is 14.0 Å². The molecule has 0 aliphatic rings. The topological polar surface area (TPSA) is 72.2 Å². The van der Waals surface area contributed by atoms with Gasteiger partial charge in [0.1, 0.15) is 5.82 Å². The van der Waals surface area contributed by atoms with E-state index >= 15 is 0 Å². The standard InChI is InChI=1S/C11H10ClFN2O2/c12-8-5-7(1-3-9(8)13)2-4-11(17)15-6-10(14)16/h1-5H,6H2,(H2,14,16)(H,15,17). The van der Waals surface area contributed by atoms with Gasteiger partial charge in [0.15, 0.2) is 0 Å². The Morgan fingerprint density at radius 3 is 2.76 bits per heavy atom. The third kappa shape index (κ3) is 4.65. The van der Waals surface area contributed by atoms with Gasteiger partial charge in [-0.3, -0.25) is 9.59 Å². The van der Waals surface area contributed by atoms with Crippen LogP contribution in [0.2, 0.25) is 5.02 Å². The number of carbonyl (C=O) groups excluding carboxylic acids is 2. The number of nitrogens with two attached hydrogens (primary N) is 1. The van der Waals surface area contributed by atoms with Crippen molar-refractivity contribution in [3.05, 3.63) is 40.7 Å². The second-order valence-electron chi connectivity index (χ2n) is 3.19. The van der Waals surface area contributed by atoms with E-state index in [1.54, 1.807) is 0 Å². The summed E-state index contributed by atoms with van der Waals surface area (Å²) in [5.41, 5.74) is 5.42. The van der Waals surface area contributed by atoms with Crippen LogP contribution in [0.4, 0.5) is 4.39 Å². The third-order valence-electron chi connectivity index (χ3n) is 1.81. The van der Waals surface area contributed by atoms with E-state index in [-0.39, 0.29) is 11.6 Å². The molecule has 6 heteroatoms. The summed E-state index contributed by atoms with van der Waals surface area (Å²) in [6.07, 6.45) is 2.65. The summed E-state index contributed by atoms with van der Waals surface area (Å²) in [5.74, 6) is -1.62. The number of rotatable bonds is 4. The van der Waals surface area contributed by atoms with E-state index in [4.69, 9.17) is 17.3 Å². The third-order valence-corrected chi connectivity index (χ3v) is 2.10. The van der Waals surface area contributed by atoms with E-state index in [9.17, 15) is 14.0 Å². The molecule has 1 rings (SSSR count). The molecule has 0 aliphatic carbocycles. The normalized spacial score (nSPS) is 10.5. The van der Waals surface area contributed by atoms with Crippen LogP contribution in [-0.2, 0) is 9.59 Å². The molecule has 1 aromatic rings. The maximum atomic E-state index is 12.8. The SMILES string of the molecule is NC(=O)CNC(=O)C=Cc1ccc(F)c(Cl)c1. The Morgan fingerprint density at radius 1 is 1.47 bits per heavy atom. The van der Waals surface area contributed by atoms with Crippen molar-refractivity contribution in [1.82, 2.24) is 5.32 Å². The van der Waals surface area contributed by atoms with Gasteiger partial charge in [-0.05, 0) is 23.8 Å². The van der Waals surface area contributed by atoms with Crippen molar-refractivity contribution in [2.45, 2.75) is 0 Å². The molecule has 17 heavy (non-hydrogen) atoms. The molecule has 0 bridgehead atoms. The van der Waals surface area contributed by atoms with E-state index in [0.717, 1.165) is 0 Å². The lowest BCUT2D eigenvalue weighted by Gasteiger charge is -1.98. The highest BCUT2D eigenvalue weighted by atomic mass is 35.5. The minimum absolute atomic E-state index is 0.0234. The quantitative estimate of drug-likeness (QED) is 0.792. The first-order chi connectivity index (χ1) is 7.99. The molecular formula is C11H10ClFN2O2. The second kappa shape index (κ2) is 6.00. The van der Waals surface area contributed by atoms with E-state index in [1.165, 1.54) is 30.4 Å². The predicted octanol–water partition coefficient (Wildman–Crippen LogP) is 1.09. The molecule has 0 heterocycles. The molecule has 4 nitrogen and oxygen atoms in total. The number of amides is 2. The van der Waals surface area contributed by atoms with Gasteiger partial charge in [-0.15, -0.1) is 0 Å². The lowest BCUT2D eigenvalue weighted by Crippen LogP contribution is -2.32. The molecule has 0 saturated carbocycles. The zero-order chi connectivity index (χ0) is 12.8. The van der Waals surface area contributed by atoms with Gasteiger partial charge >= 0.3 is 0 Å². The number of hydrogen-bond acceptors (Lipinski definition) is 2. The van der Waals surface area contributed by atoms with Crippen molar-refractivity contribution >= 4 is 29.5 Å². The molecule has 0 aliphatic heterocycles. The Bertz CT molecular complexity index is 475. The van der Waals surface area contributed by atoms with Crippen LogP contribution in [-0.4, -0.2) is 18.4 Å². The van der Waals surface area contributed by atoms with Crippen molar-refractivity contribution in [2.75, 3.05) is 6.54 Å². The smallest absolute Gasteiger partial charge is 0.244 e. The first-order valence-electron chi connectivity index (χ1n) is 4.68. The van der Waals surface area contributed by atoms with Gasteiger partial charge in [0, 0.05) is 6.08 Å². The highest BCUT2D eigenvalue weighted by Gasteiger charge is 2.00. The van der Waals surface area contributed by atoms with Gasteiger partial charge in [-0.25, -0.2) is 4.39 Å². The average Bonchev–Trinajstić information content (AvgIpc) is 2.28. The molecule has 1 aromatic carbocycles. The number of carbonyl (C=O) groups is 2. The minimum atomic E-state index is -0.628. The van der Waals surface area contributed by atoms with Crippen LogP contribution in [0.1, 0.15) is 5.56 Å². The predicted molar refractivity (Wildman–Crippen MR) is 62.6 cm³/mol. The van der Waals surface area contributed by atoms with Crippen LogP contribution in [0, 0.1) is 5.82 Å².